The lowest BCUT2D eigenvalue weighted by Crippen LogP contribution is -2.64. The number of nitrogens with zero attached hydrogens (tertiary/aromatic N) is 3. The fraction of sp³-hybridized carbons (Fsp3) is 0.523. The van der Waals surface area contributed by atoms with Gasteiger partial charge in [0.1, 0.15) is 72.6 Å². The third-order valence-corrected chi connectivity index (χ3v) is 16.4. The molecule has 496 valence electrons. The molecule has 4 aromatic carbocycles. The van der Waals surface area contributed by atoms with Crippen LogP contribution in [0.15, 0.2) is 97.1 Å². The van der Waals surface area contributed by atoms with Gasteiger partial charge >= 0.3 is 0 Å². The Hall–Kier alpha value is -7.63. The molecule has 7 amide bonds. The molecular weight excluding hydrogens is 1180 g/mol. The number of aliphatic hydroxyl groups excluding tert-OH is 7. The van der Waals surface area contributed by atoms with E-state index in [1.54, 1.807) is 12.1 Å². The molecule has 0 spiro atoms. The number of quaternary nitrogens is 1. The Balaban J connectivity index is 1.23. The number of benzene rings is 4. The maximum absolute atomic E-state index is 14.9. The van der Waals surface area contributed by atoms with Gasteiger partial charge in [0.25, 0.3) is 5.91 Å². The average Bonchev–Trinajstić information content (AvgIpc) is 1.94. The van der Waals surface area contributed by atoms with Crippen molar-refractivity contribution in [2.75, 3.05) is 67.2 Å². The second-order valence-electron chi connectivity index (χ2n) is 24.8. The Morgan fingerprint density at radius 1 is 0.637 bits per heavy atom. The van der Waals surface area contributed by atoms with Crippen molar-refractivity contribution in [3.8, 4) is 33.8 Å². The van der Waals surface area contributed by atoms with Gasteiger partial charge in [-0.2, -0.15) is 0 Å². The van der Waals surface area contributed by atoms with Crippen molar-refractivity contribution in [3.05, 3.63) is 108 Å². The molecule has 26 heteroatoms. The van der Waals surface area contributed by atoms with Gasteiger partial charge in [-0.05, 0) is 84.5 Å². The van der Waals surface area contributed by atoms with Gasteiger partial charge in [-0.25, -0.2) is 0 Å². The second kappa shape index (κ2) is 32.1. The number of phenolic OH excluding ortho intramolecular Hbond substituents is 1. The van der Waals surface area contributed by atoms with E-state index in [1.165, 1.54) is 43.3 Å². The predicted molar refractivity (Wildman–Crippen MR) is 331 cm³/mol. The Labute approximate surface area is 529 Å². The minimum absolute atomic E-state index is 0.0359. The first-order valence-electron chi connectivity index (χ1n) is 30.8. The molecule has 13 N–H and O–H groups in total. The number of amides is 7. The highest BCUT2D eigenvalue weighted by Crippen LogP contribution is 2.30. The van der Waals surface area contributed by atoms with E-state index in [0.29, 0.717) is 17.6 Å². The number of carbonyl (C=O) groups excluding carboxylic acids is 7. The fourth-order valence-corrected chi connectivity index (χ4v) is 11.0. The van der Waals surface area contributed by atoms with Crippen LogP contribution in [0, 0.1) is 5.92 Å². The predicted octanol–water partition coefficient (Wildman–Crippen LogP) is -0.180. The molecule has 7 rings (SSSR count). The van der Waals surface area contributed by atoms with Crippen LogP contribution in [0.3, 0.4) is 0 Å². The fourth-order valence-electron chi connectivity index (χ4n) is 11.0. The second-order valence-corrected chi connectivity index (χ2v) is 24.8. The van der Waals surface area contributed by atoms with Gasteiger partial charge in [0.05, 0.1) is 72.0 Å². The number of hydrogen-bond donors (Lipinski definition) is 13. The van der Waals surface area contributed by atoms with Crippen LogP contribution in [0.1, 0.15) is 81.8 Å². The lowest BCUT2D eigenvalue weighted by Gasteiger charge is -2.34. The summed E-state index contributed by atoms with van der Waals surface area (Å²) in [4.78, 5) is 104. The Bertz CT molecular complexity index is 3090. The summed E-state index contributed by atoms with van der Waals surface area (Å²) in [5.74, 6) is -8.36. The van der Waals surface area contributed by atoms with Crippen LogP contribution in [-0.2, 0) is 38.2 Å². The van der Waals surface area contributed by atoms with Crippen molar-refractivity contribution in [2.45, 2.75) is 145 Å². The molecule has 3 aliphatic heterocycles. The minimum atomic E-state index is -2.29. The van der Waals surface area contributed by atoms with Gasteiger partial charge in [-0.15, -0.1) is 0 Å². The molecule has 0 radical (unpaired) electrons. The Morgan fingerprint density at radius 2 is 1.19 bits per heavy atom. The van der Waals surface area contributed by atoms with Gasteiger partial charge in [-0.1, -0.05) is 87.4 Å². The van der Waals surface area contributed by atoms with Crippen molar-refractivity contribution in [3.63, 3.8) is 0 Å². The quantitative estimate of drug-likeness (QED) is 0.0380. The zero-order chi connectivity index (χ0) is 66.4. The molecule has 3 saturated heterocycles. The van der Waals surface area contributed by atoms with Crippen molar-refractivity contribution in [1.29, 1.82) is 0 Å². The number of ether oxygens (including phenoxy) is 3. The average molecular weight is 1270 g/mol. The number of aromatic hydroxyl groups is 1. The summed E-state index contributed by atoms with van der Waals surface area (Å²) in [6.07, 6.45) is -12.8. The molecule has 3 heterocycles. The molecule has 0 bridgehead atoms. The Kier molecular flexibility index (Phi) is 25.0. The van der Waals surface area contributed by atoms with E-state index < -0.39 is 152 Å². The lowest BCUT2D eigenvalue weighted by atomic mass is 9.96. The van der Waals surface area contributed by atoms with Crippen molar-refractivity contribution in [1.82, 2.24) is 36.4 Å². The zero-order valence-corrected chi connectivity index (χ0v) is 52.4. The number of nitrogens with one attached hydrogen (secondary N) is 5. The molecule has 4 aromatic rings. The third kappa shape index (κ3) is 18.8. The van der Waals surface area contributed by atoms with Gasteiger partial charge in [0.2, 0.25) is 35.4 Å². The summed E-state index contributed by atoms with van der Waals surface area (Å²) in [5, 5.41) is 103. The van der Waals surface area contributed by atoms with Crippen LogP contribution in [-0.4, -0.2) is 243 Å². The van der Waals surface area contributed by atoms with Gasteiger partial charge < -0.3 is 95.9 Å². The molecule has 7 unspecified atom stereocenters. The first-order valence-corrected chi connectivity index (χ1v) is 30.8. The molecule has 0 saturated carbocycles. The van der Waals surface area contributed by atoms with E-state index >= 15 is 0 Å². The zero-order valence-electron chi connectivity index (χ0n) is 52.4. The number of hydrogen-bond acceptors (Lipinski definition) is 18. The third-order valence-electron chi connectivity index (χ3n) is 16.4. The largest absolute Gasteiger partial charge is 0.508 e. The number of unbranched alkanes of at least 4 members (excludes halogenated alkanes) is 2. The van der Waals surface area contributed by atoms with Crippen LogP contribution >= 0.6 is 0 Å². The highest BCUT2D eigenvalue weighted by molar-refractivity contribution is 6.00. The summed E-state index contributed by atoms with van der Waals surface area (Å²) < 4.78 is 18.3. The van der Waals surface area contributed by atoms with E-state index in [1.807, 2.05) is 69.7 Å². The SMILES string of the molecule is CCCCCOc1ccc(-c2ccc(-c3ccc(C(=O)NC4C[C@@H](O)C(OCCOCC[N+](C)(C)C)NC(=O)C5[C@@H](O)[C@@H](C)CN5C(=O)C([C@@H](C)O)NC(=O)C([C@H](O)[C@@H](O)c5ccc(O)cc5)NC(=O)C5C[C@@H](O)CN5C(=O)C([C@@H](C)O)NC4=O)cc3)cc2)cc1. The summed E-state index contributed by atoms with van der Waals surface area (Å²) in [6.45, 7) is 6.08. The molecular formula is C65H89N8O18+. The highest BCUT2D eigenvalue weighted by Gasteiger charge is 2.50. The number of fused-ring (bicyclic) bond motifs is 2. The minimum Gasteiger partial charge on any atom is -0.508 e. The van der Waals surface area contributed by atoms with Crippen molar-refractivity contribution in [2.24, 2.45) is 5.92 Å². The topological polar surface area (TPSA) is 376 Å². The summed E-state index contributed by atoms with van der Waals surface area (Å²) in [5.41, 5.74) is 3.44. The molecule has 3 fully saturated rings. The monoisotopic (exact) mass is 1270 g/mol. The Morgan fingerprint density at radius 3 is 1.76 bits per heavy atom. The van der Waals surface area contributed by atoms with E-state index in [-0.39, 0.29) is 43.2 Å². The van der Waals surface area contributed by atoms with Crippen LogP contribution < -0.4 is 31.3 Å². The molecule has 26 nitrogen and oxygen atoms in total. The lowest BCUT2D eigenvalue weighted by molar-refractivity contribution is -0.870. The van der Waals surface area contributed by atoms with Crippen LogP contribution in [0.2, 0.25) is 0 Å². The van der Waals surface area contributed by atoms with Crippen LogP contribution in [0.4, 0.5) is 0 Å². The molecule has 91 heavy (non-hydrogen) atoms. The maximum atomic E-state index is 14.9. The summed E-state index contributed by atoms with van der Waals surface area (Å²) >= 11 is 0. The highest BCUT2D eigenvalue weighted by atomic mass is 16.5. The number of phenols is 1. The maximum Gasteiger partial charge on any atom is 0.251 e. The first-order chi connectivity index (χ1) is 43.1. The molecule has 0 aromatic heterocycles. The standard InChI is InChI=1S/C65H88N8O18/c1-8-9-10-28-90-47-25-21-42(22-26-47)40-13-11-39(12-14-40)41-15-17-44(18-16-41)58(82)66-48-33-50(78)63(91-31-30-89-29-27-73(5,6)7)70-62(86)54-55(79)36(2)34-72(54)65(88)52(38(4)75)68-61(85)53(57(81)56(80)43-19-23-45(76)24-20-43)69-60(84)49-32-46(77)35-71(49)64(87)51(37(3)74)67-59(48)83/h11-26,36-38,46,48-57,63,74-75,77-81H,8-10,27-35H2,1-7H3,(H5-,66,67,68,69,70,76,82,83,84,85,86)/p+1/t36-,37+,38+,46+,48?,49?,50+,51?,52?,53?,54?,55-,56-,57-,63?/m0/s1. The van der Waals surface area contributed by atoms with E-state index in [0.717, 1.165) is 70.9 Å². The van der Waals surface area contributed by atoms with E-state index in [4.69, 9.17) is 14.2 Å². The van der Waals surface area contributed by atoms with Crippen LogP contribution in [0.25, 0.3) is 22.3 Å². The van der Waals surface area contributed by atoms with E-state index in [9.17, 15) is 74.4 Å². The van der Waals surface area contributed by atoms with Crippen molar-refractivity contribution >= 4 is 41.4 Å². The summed E-state index contributed by atoms with van der Waals surface area (Å²) in [7, 11) is 5.86. The van der Waals surface area contributed by atoms with E-state index in [2.05, 4.69) is 33.5 Å². The number of rotatable bonds is 21. The van der Waals surface area contributed by atoms with Gasteiger partial charge in [0.15, 0.2) is 6.23 Å². The van der Waals surface area contributed by atoms with Gasteiger partial charge in [-0.3, -0.25) is 33.6 Å². The number of carbonyl (C=O) groups is 7. The summed E-state index contributed by atoms with van der Waals surface area (Å²) in [6, 6.07) is 15.1. The first kappa shape index (κ1) is 70.8. The number of likely N-dealkylation sites (N-methyl/N-ethyl adjacent to an activating group) is 1. The smallest absolute Gasteiger partial charge is 0.251 e. The normalized spacial score (nSPS) is 26.2. The molecule has 3 aliphatic rings. The van der Waals surface area contributed by atoms with Crippen molar-refractivity contribution < 1.29 is 93.1 Å². The van der Waals surface area contributed by atoms with Crippen LogP contribution in [0.5, 0.6) is 11.5 Å². The molecule has 15 atom stereocenters. The molecule has 0 aliphatic carbocycles. The number of aliphatic hydroxyl groups is 7. The van der Waals surface area contributed by atoms with Gasteiger partial charge in [0, 0.05) is 37.4 Å².